The maximum absolute atomic E-state index is 12.8. The largest absolute Gasteiger partial charge is 0.479 e. The second kappa shape index (κ2) is 10.2. The predicted molar refractivity (Wildman–Crippen MR) is 145 cm³/mol. The number of fused-ring (bicyclic) bond motifs is 1. The summed E-state index contributed by atoms with van der Waals surface area (Å²) in [6, 6.07) is 11.3. The summed E-state index contributed by atoms with van der Waals surface area (Å²) in [5, 5.41) is 28.7. The van der Waals surface area contributed by atoms with Crippen LogP contribution in [0.4, 0.5) is 11.5 Å². The van der Waals surface area contributed by atoms with Gasteiger partial charge in [0.25, 0.3) is 0 Å². The molecular formula is C28H29BrN4O4. The van der Waals surface area contributed by atoms with Crippen LogP contribution in [0.25, 0.3) is 10.8 Å². The van der Waals surface area contributed by atoms with E-state index in [1.807, 2.05) is 36.4 Å². The maximum Gasteiger partial charge on any atom is 0.329 e. The number of hydrogen-bond acceptors (Lipinski definition) is 7. The monoisotopic (exact) mass is 564 g/mol. The number of anilines is 2. The molecule has 2 heterocycles. The molecule has 0 bridgehead atoms. The topological polar surface area (TPSA) is 124 Å². The van der Waals surface area contributed by atoms with Crippen LogP contribution in [-0.2, 0) is 16.0 Å². The summed E-state index contributed by atoms with van der Waals surface area (Å²) >= 11 is 3.39. The van der Waals surface area contributed by atoms with Crippen molar-refractivity contribution in [1.29, 1.82) is 0 Å². The molecule has 37 heavy (non-hydrogen) atoms. The van der Waals surface area contributed by atoms with Gasteiger partial charge in [0.1, 0.15) is 11.4 Å². The number of pyridine rings is 2. The number of carboxylic acids is 1. The number of aliphatic hydroxyl groups is 1. The Labute approximate surface area is 223 Å². The molecular weight excluding hydrogens is 536 g/mol. The number of hydrogen-bond donors (Lipinski definition) is 4. The van der Waals surface area contributed by atoms with Crippen molar-refractivity contribution in [1.82, 2.24) is 15.3 Å². The van der Waals surface area contributed by atoms with Crippen molar-refractivity contribution in [3.63, 3.8) is 0 Å². The zero-order chi connectivity index (χ0) is 26.0. The van der Waals surface area contributed by atoms with Crippen molar-refractivity contribution in [3.8, 4) is 0 Å². The third-order valence-corrected chi connectivity index (χ3v) is 8.40. The van der Waals surface area contributed by atoms with Gasteiger partial charge in [0.2, 0.25) is 0 Å². The zero-order valence-electron chi connectivity index (χ0n) is 20.3. The molecule has 192 valence electrons. The summed E-state index contributed by atoms with van der Waals surface area (Å²) in [4.78, 5) is 34.1. The highest BCUT2D eigenvalue weighted by molar-refractivity contribution is 9.12. The predicted octanol–water partition coefficient (Wildman–Crippen LogP) is 4.85. The summed E-state index contributed by atoms with van der Waals surface area (Å²) in [7, 11) is 0. The number of nitrogens with one attached hydrogen (secondary N) is 2. The number of carbonyl (C=O) groups is 2. The normalized spacial score (nSPS) is 18.4. The number of nitrogens with zero attached hydrogens (tertiary/aromatic N) is 2. The van der Waals surface area contributed by atoms with E-state index in [0.29, 0.717) is 16.0 Å². The van der Waals surface area contributed by atoms with E-state index in [-0.39, 0.29) is 25.2 Å². The Hall–Kier alpha value is -3.30. The van der Waals surface area contributed by atoms with Crippen LogP contribution in [0.15, 0.2) is 65.2 Å². The van der Waals surface area contributed by atoms with Crippen molar-refractivity contribution in [2.45, 2.75) is 50.5 Å². The number of aliphatic hydroxyl groups excluding tert-OH is 1. The lowest BCUT2D eigenvalue weighted by atomic mass is 9.62. The van der Waals surface area contributed by atoms with Gasteiger partial charge in [0.05, 0.1) is 9.90 Å². The molecule has 4 N–H and O–H groups in total. The third kappa shape index (κ3) is 4.62. The summed E-state index contributed by atoms with van der Waals surface area (Å²) in [6.07, 6.45) is 9.77. The van der Waals surface area contributed by atoms with E-state index in [9.17, 15) is 19.8 Å². The number of carbonyl (C=O) groups excluding carboxylic acids is 1. The number of ketones is 1. The average molecular weight is 565 g/mol. The Morgan fingerprint density at radius 1 is 1.08 bits per heavy atom. The van der Waals surface area contributed by atoms with Gasteiger partial charge < -0.3 is 20.8 Å². The maximum atomic E-state index is 12.8. The molecule has 0 aliphatic heterocycles. The molecule has 1 fully saturated rings. The summed E-state index contributed by atoms with van der Waals surface area (Å²) in [5.74, 6) is -0.329. The van der Waals surface area contributed by atoms with Crippen molar-refractivity contribution < 1.29 is 19.8 Å². The number of aromatic nitrogens is 2. The van der Waals surface area contributed by atoms with Gasteiger partial charge in [-0.25, -0.2) is 9.78 Å². The van der Waals surface area contributed by atoms with E-state index in [4.69, 9.17) is 0 Å². The third-order valence-electron chi connectivity index (χ3n) is 7.64. The molecule has 8 nitrogen and oxygen atoms in total. The lowest BCUT2D eigenvalue weighted by Crippen LogP contribution is -2.60. The number of allylic oxidation sites excluding steroid dienone is 2. The SMILES string of the molecule is O=C1C(Br)=C(N[C@](CCO)(Cc2ccc(Nc3nccc4ccncc34)cc2)C(=O)O)C12CCCCC2. The Morgan fingerprint density at radius 2 is 1.81 bits per heavy atom. The second-order valence-electron chi connectivity index (χ2n) is 9.90. The van der Waals surface area contributed by atoms with Gasteiger partial charge >= 0.3 is 5.97 Å². The number of aliphatic carboxylic acids is 1. The molecule has 9 heteroatoms. The highest BCUT2D eigenvalue weighted by Crippen LogP contribution is 2.54. The van der Waals surface area contributed by atoms with Crippen molar-refractivity contribution in [3.05, 3.63) is 70.7 Å². The Kier molecular flexibility index (Phi) is 7.00. The van der Waals surface area contributed by atoms with Crippen LogP contribution in [0.5, 0.6) is 0 Å². The Bertz CT molecular complexity index is 1360. The summed E-state index contributed by atoms with van der Waals surface area (Å²) < 4.78 is 0.426. The highest BCUT2D eigenvalue weighted by Gasteiger charge is 2.55. The number of benzene rings is 1. The van der Waals surface area contributed by atoms with Crippen LogP contribution in [0.1, 0.15) is 44.1 Å². The van der Waals surface area contributed by atoms with Crippen LogP contribution in [0, 0.1) is 5.41 Å². The van der Waals surface area contributed by atoms with Crippen LogP contribution >= 0.6 is 15.9 Å². The molecule has 1 atom stereocenters. The van der Waals surface area contributed by atoms with E-state index >= 15 is 0 Å². The first kappa shape index (κ1) is 25.4. The molecule has 2 aromatic heterocycles. The fourth-order valence-corrected chi connectivity index (χ4v) is 6.41. The van der Waals surface area contributed by atoms with Gasteiger partial charge in [0.15, 0.2) is 5.78 Å². The average Bonchev–Trinajstić information content (AvgIpc) is 2.93. The van der Waals surface area contributed by atoms with E-state index < -0.39 is 16.9 Å². The number of carboxylic acid groups (broad SMARTS) is 1. The molecule has 2 aliphatic rings. The minimum atomic E-state index is -1.45. The first-order valence-corrected chi connectivity index (χ1v) is 13.3. The zero-order valence-corrected chi connectivity index (χ0v) is 21.9. The van der Waals surface area contributed by atoms with Gasteiger partial charge in [-0.2, -0.15) is 0 Å². The number of halogens is 1. The van der Waals surface area contributed by atoms with Gasteiger partial charge in [-0.3, -0.25) is 9.78 Å². The molecule has 0 saturated heterocycles. The molecule has 0 amide bonds. The van der Waals surface area contributed by atoms with Crippen molar-refractivity contribution in [2.75, 3.05) is 11.9 Å². The Balaban J connectivity index is 1.39. The molecule has 2 aliphatic carbocycles. The summed E-state index contributed by atoms with van der Waals surface area (Å²) in [6.45, 7) is -0.300. The first-order chi connectivity index (χ1) is 17.9. The smallest absolute Gasteiger partial charge is 0.329 e. The molecule has 0 radical (unpaired) electrons. The van der Waals surface area contributed by atoms with E-state index in [1.165, 1.54) is 0 Å². The van der Waals surface area contributed by atoms with Crippen LogP contribution in [-0.4, -0.2) is 44.1 Å². The molecule has 1 spiro atoms. The van der Waals surface area contributed by atoms with Crippen LogP contribution in [0.2, 0.25) is 0 Å². The fraction of sp³-hybridized carbons (Fsp3) is 0.357. The minimum absolute atomic E-state index is 0.00328. The van der Waals surface area contributed by atoms with E-state index in [1.54, 1.807) is 18.6 Å². The summed E-state index contributed by atoms with van der Waals surface area (Å²) in [5.41, 5.74) is 0.177. The quantitative estimate of drug-likeness (QED) is 0.290. The van der Waals surface area contributed by atoms with Gasteiger partial charge in [-0.1, -0.05) is 31.4 Å². The lowest BCUT2D eigenvalue weighted by molar-refractivity contribution is -0.146. The standard InChI is InChI=1S/C28H29BrN4O4/c29-22-23(27(24(22)35)10-2-1-3-11-27)33-28(12-15-34,26(36)37)16-18-4-6-20(7-5-18)32-25-21-17-30-13-8-19(21)9-14-31-25/h4-9,13-14,17,33-34H,1-3,10-12,15-16H2,(H,31,32)(H,36,37)/t28-/m1/s1. The van der Waals surface area contributed by atoms with Crippen LogP contribution < -0.4 is 10.6 Å². The molecule has 1 saturated carbocycles. The Morgan fingerprint density at radius 3 is 2.51 bits per heavy atom. The molecule has 0 unspecified atom stereocenters. The number of Topliss-reactive ketones (excluding diaryl/α,β-unsaturated/α-hetero) is 1. The lowest BCUT2D eigenvalue weighted by Gasteiger charge is -2.48. The number of rotatable bonds is 9. The van der Waals surface area contributed by atoms with Crippen LogP contribution in [0.3, 0.4) is 0 Å². The van der Waals surface area contributed by atoms with E-state index in [0.717, 1.165) is 54.1 Å². The highest BCUT2D eigenvalue weighted by atomic mass is 79.9. The fourth-order valence-electron chi connectivity index (χ4n) is 5.55. The second-order valence-corrected chi connectivity index (χ2v) is 10.7. The molecule has 5 rings (SSSR count). The molecule has 1 aromatic carbocycles. The van der Waals surface area contributed by atoms with Gasteiger partial charge in [-0.15, -0.1) is 0 Å². The van der Waals surface area contributed by atoms with Crippen molar-refractivity contribution in [2.24, 2.45) is 5.41 Å². The van der Waals surface area contributed by atoms with Crippen molar-refractivity contribution >= 4 is 50.0 Å². The first-order valence-electron chi connectivity index (χ1n) is 12.5. The van der Waals surface area contributed by atoms with E-state index in [2.05, 4.69) is 36.5 Å². The van der Waals surface area contributed by atoms with Gasteiger partial charge in [0, 0.05) is 54.8 Å². The van der Waals surface area contributed by atoms with Gasteiger partial charge in [-0.05, 0) is 64.0 Å². The minimum Gasteiger partial charge on any atom is -0.479 e. The molecule has 3 aromatic rings.